The van der Waals surface area contributed by atoms with Gasteiger partial charge >= 0.3 is 0 Å². The van der Waals surface area contributed by atoms with Crippen molar-refractivity contribution in [2.45, 2.75) is 13.8 Å². The van der Waals surface area contributed by atoms with Crippen LogP contribution in [0.1, 0.15) is 18.7 Å². The summed E-state index contributed by atoms with van der Waals surface area (Å²) in [6.45, 7) is 5.29. The fraction of sp³-hybridized carbons (Fsp3) is 0.556. The van der Waals surface area contributed by atoms with E-state index in [1.165, 1.54) is 11.3 Å². The molecule has 0 aliphatic carbocycles. The van der Waals surface area contributed by atoms with E-state index in [0.29, 0.717) is 10.8 Å². The summed E-state index contributed by atoms with van der Waals surface area (Å²) in [5.41, 5.74) is 0. The van der Waals surface area contributed by atoms with Gasteiger partial charge in [-0.15, -0.1) is 0 Å². The largest absolute Gasteiger partial charge is 0.351 e. The van der Waals surface area contributed by atoms with Gasteiger partial charge in [0.15, 0.2) is 5.13 Å². The second-order valence-corrected chi connectivity index (χ2v) is 4.40. The highest BCUT2D eigenvalue weighted by atomic mass is 32.1. The van der Waals surface area contributed by atoms with Gasteiger partial charge in [0.05, 0.1) is 6.20 Å². The molecule has 1 aromatic heterocycles. The first-order valence-corrected chi connectivity index (χ1v) is 5.02. The maximum absolute atomic E-state index is 8.62. The molecule has 0 atom stereocenters. The highest BCUT2D eigenvalue weighted by Gasteiger charge is 2.07. The van der Waals surface area contributed by atoms with E-state index < -0.39 is 0 Å². The maximum atomic E-state index is 8.62. The summed E-state index contributed by atoms with van der Waals surface area (Å²) in [4.78, 5) is 6.91. The Kier molecular flexibility index (Phi) is 3.26. The van der Waals surface area contributed by atoms with Crippen LogP contribution in [0.25, 0.3) is 0 Å². The molecule has 1 heterocycles. The molecular formula is C9H13N3S. The van der Waals surface area contributed by atoms with Crippen molar-refractivity contribution in [1.29, 1.82) is 5.26 Å². The van der Waals surface area contributed by atoms with E-state index in [2.05, 4.69) is 29.8 Å². The summed E-state index contributed by atoms with van der Waals surface area (Å²) < 4.78 is 0. The normalized spacial score (nSPS) is 10.1. The first-order valence-electron chi connectivity index (χ1n) is 4.20. The molecule has 0 aliphatic heterocycles. The van der Waals surface area contributed by atoms with Gasteiger partial charge < -0.3 is 4.90 Å². The molecule has 0 aliphatic rings. The van der Waals surface area contributed by atoms with Gasteiger partial charge in [0, 0.05) is 13.6 Å². The van der Waals surface area contributed by atoms with Gasteiger partial charge in [0.2, 0.25) is 0 Å². The van der Waals surface area contributed by atoms with Crippen LogP contribution in [0.15, 0.2) is 6.20 Å². The molecule has 0 bridgehead atoms. The molecule has 0 radical (unpaired) electrons. The predicted molar refractivity (Wildman–Crippen MR) is 54.9 cm³/mol. The number of nitrogens with zero attached hydrogens (tertiary/aromatic N) is 3. The van der Waals surface area contributed by atoms with E-state index in [-0.39, 0.29) is 0 Å². The van der Waals surface area contributed by atoms with Crippen LogP contribution in [0.2, 0.25) is 0 Å². The number of thiazole rings is 1. The first-order chi connectivity index (χ1) is 6.13. The summed E-state index contributed by atoms with van der Waals surface area (Å²) in [6, 6.07) is 2.08. The standard InChI is InChI=1S/C9H13N3S/c1-7(2)6-12(3)9-11-5-8(4-10)13-9/h5,7H,6H2,1-3H3. The molecule has 0 unspecified atom stereocenters. The van der Waals surface area contributed by atoms with E-state index in [1.807, 2.05) is 7.05 Å². The Hall–Kier alpha value is -1.08. The zero-order chi connectivity index (χ0) is 9.84. The Morgan fingerprint density at radius 1 is 1.69 bits per heavy atom. The van der Waals surface area contributed by atoms with E-state index in [4.69, 9.17) is 5.26 Å². The zero-order valence-electron chi connectivity index (χ0n) is 8.11. The Bertz CT molecular complexity index is 311. The Balaban J connectivity index is 2.67. The third kappa shape index (κ3) is 2.71. The minimum atomic E-state index is 0.611. The second-order valence-electron chi connectivity index (χ2n) is 3.39. The third-order valence-electron chi connectivity index (χ3n) is 1.57. The quantitative estimate of drug-likeness (QED) is 0.741. The number of aromatic nitrogens is 1. The van der Waals surface area contributed by atoms with Crippen molar-refractivity contribution in [2.24, 2.45) is 5.92 Å². The van der Waals surface area contributed by atoms with Crippen LogP contribution < -0.4 is 4.90 Å². The molecule has 0 fully saturated rings. The first kappa shape index (κ1) is 10.0. The molecule has 4 heteroatoms. The summed E-state index contributed by atoms with van der Waals surface area (Å²) in [6.07, 6.45) is 1.62. The molecule has 1 rings (SSSR count). The third-order valence-corrected chi connectivity index (χ3v) is 2.59. The lowest BCUT2D eigenvalue weighted by Crippen LogP contribution is -2.22. The molecule has 0 saturated carbocycles. The fourth-order valence-corrected chi connectivity index (χ4v) is 1.80. The topological polar surface area (TPSA) is 39.9 Å². The molecule has 70 valence electrons. The molecule has 3 nitrogen and oxygen atoms in total. The molecule has 13 heavy (non-hydrogen) atoms. The maximum Gasteiger partial charge on any atom is 0.186 e. The highest BCUT2D eigenvalue weighted by Crippen LogP contribution is 2.20. The zero-order valence-corrected chi connectivity index (χ0v) is 8.93. The Morgan fingerprint density at radius 2 is 2.38 bits per heavy atom. The highest BCUT2D eigenvalue weighted by molar-refractivity contribution is 7.16. The van der Waals surface area contributed by atoms with Crippen LogP contribution >= 0.6 is 11.3 Å². The Morgan fingerprint density at radius 3 is 2.85 bits per heavy atom. The monoisotopic (exact) mass is 195 g/mol. The summed E-state index contributed by atoms with van der Waals surface area (Å²) >= 11 is 1.44. The lowest BCUT2D eigenvalue weighted by atomic mass is 10.2. The molecule has 0 N–H and O–H groups in total. The molecule has 0 amide bonds. The van der Waals surface area contributed by atoms with Gasteiger partial charge in [0.25, 0.3) is 0 Å². The van der Waals surface area contributed by atoms with Crippen molar-refractivity contribution in [3.63, 3.8) is 0 Å². The summed E-state index contributed by atoms with van der Waals surface area (Å²) in [7, 11) is 2.00. The SMILES string of the molecule is CC(C)CN(C)c1ncc(C#N)s1. The van der Waals surface area contributed by atoms with Gasteiger partial charge in [-0.3, -0.25) is 0 Å². The lowest BCUT2D eigenvalue weighted by Gasteiger charge is -2.17. The van der Waals surface area contributed by atoms with Crippen molar-refractivity contribution in [3.8, 4) is 6.07 Å². The van der Waals surface area contributed by atoms with Crippen molar-refractivity contribution < 1.29 is 0 Å². The molecule has 0 aromatic carbocycles. The molecular weight excluding hydrogens is 182 g/mol. The van der Waals surface area contributed by atoms with Crippen molar-refractivity contribution in [3.05, 3.63) is 11.1 Å². The van der Waals surface area contributed by atoms with Gasteiger partial charge in [-0.1, -0.05) is 25.2 Å². The second kappa shape index (κ2) is 4.24. The smallest absolute Gasteiger partial charge is 0.186 e. The van der Waals surface area contributed by atoms with Crippen molar-refractivity contribution in [2.75, 3.05) is 18.5 Å². The van der Waals surface area contributed by atoms with Crippen LogP contribution in [-0.4, -0.2) is 18.6 Å². The number of anilines is 1. The summed E-state index contributed by atoms with van der Waals surface area (Å²) in [5, 5.41) is 9.54. The number of hydrogen-bond acceptors (Lipinski definition) is 4. The average Bonchev–Trinajstić information content (AvgIpc) is 2.50. The number of hydrogen-bond donors (Lipinski definition) is 0. The molecule has 1 aromatic rings. The van der Waals surface area contributed by atoms with Crippen molar-refractivity contribution in [1.82, 2.24) is 4.98 Å². The van der Waals surface area contributed by atoms with E-state index in [0.717, 1.165) is 11.7 Å². The number of rotatable bonds is 3. The van der Waals surface area contributed by atoms with Crippen LogP contribution in [-0.2, 0) is 0 Å². The average molecular weight is 195 g/mol. The summed E-state index contributed by atoms with van der Waals surface area (Å²) in [5.74, 6) is 0.611. The van der Waals surface area contributed by atoms with Gasteiger partial charge in [0.1, 0.15) is 10.9 Å². The van der Waals surface area contributed by atoms with Crippen LogP contribution in [0.3, 0.4) is 0 Å². The van der Waals surface area contributed by atoms with Crippen LogP contribution in [0.4, 0.5) is 5.13 Å². The van der Waals surface area contributed by atoms with E-state index >= 15 is 0 Å². The van der Waals surface area contributed by atoms with Gasteiger partial charge in [-0.25, -0.2) is 4.98 Å². The number of nitriles is 1. The minimum absolute atomic E-state index is 0.611. The Labute approximate surface area is 82.6 Å². The van der Waals surface area contributed by atoms with Gasteiger partial charge in [-0.05, 0) is 5.92 Å². The van der Waals surface area contributed by atoms with Crippen LogP contribution in [0.5, 0.6) is 0 Å². The minimum Gasteiger partial charge on any atom is -0.351 e. The van der Waals surface area contributed by atoms with E-state index in [1.54, 1.807) is 6.20 Å². The fourth-order valence-electron chi connectivity index (χ4n) is 1.12. The van der Waals surface area contributed by atoms with Crippen molar-refractivity contribution >= 4 is 16.5 Å². The van der Waals surface area contributed by atoms with Gasteiger partial charge in [-0.2, -0.15) is 5.26 Å². The molecule has 0 spiro atoms. The predicted octanol–water partition coefficient (Wildman–Crippen LogP) is 2.11. The van der Waals surface area contributed by atoms with Crippen LogP contribution in [0, 0.1) is 17.2 Å². The van der Waals surface area contributed by atoms with E-state index in [9.17, 15) is 0 Å². The lowest BCUT2D eigenvalue weighted by molar-refractivity contribution is 0.637. The molecule has 0 saturated heterocycles.